The van der Waals surface area contributed by atoms with Crippen LogP contribution < -0.4 is 0 Å². The number of hydrogen-bond acceptors (Lipinski definition) is 3. The second kappa shape index (κ2) is 8.76. The van der Waals surface area contributed by atoms with Crippen molar-refractivity contribution in [3.05, 3.63) is 35.6 Å². The van der Waals surface area contributed by atoms with Crippen LogP contribution in [0.25, 0.3) is 0 Å². The molecule has 1 aromatic rings. The molecule has 0 atom stereocenters. The average Bonchev–Trinajstić information content (AvgIpc) is 2.59. The van der Waals surface area contributed by atoms with Crippen molar-refractivity contribution in [2.45, 2.75) is 38.7 Å². The first-order chi connectivity index (χ1) is 11.3. The van der Waals surface area contributed by atoms with Gasteiger partial charge in [-0.2, -0.15) is 0 Å². The van der Waals surface area contributed by atoms with Crippen LogP contribution in [0.4, 0.5) is 4.39 Å². The SMILES string of the molecule is Fc1ccc(COCN2CCN(CC3CCCCC3)CC2)cc1. The summed E-state index contributed by atoms with van der Waals surface area (Å²) < 4.78 is 18.6. The van der Waals surface area contributed by atoms with Crippen LogP contribution in [-0.2, 0) is 11.3 Å². The molecular formula is C19H29FN2O. The van der Waals surface area contributed by atoms with Crippen LogP contribution in [-0.4, -0.2) is 49.3 Å². The van der Waals surface area contributed by atoms with Crippen molar-refractivity contribution in [3.63, 3.8) is 0 Å². The monoisotopic (exact) mass is 320 g/mol. The topological polar surface area (TPSA) is 15.7 Å². The third-order valence-electron chi connectivity index (χ3n) is 5.16. The molecule has 128 valence electrons. The molecule has 1 saturated carbocycles. The highest BCUT2D eigenvalue weighted by atomic mass is 19.1. The second-order valence-electron chi connectivity index (χ2n) is 7.03. The molecule has 2 fully saturated rings. The molecule has 0 radical (unpaired) electrons. The molecule has 1 aliphatic heterocycles. The Hall–Kier alpha value is -0.970. The van der Waals surface area contributed by atoms with Crippen molar-refractivity contribution in [1.82, 2.24) is 9.80 Å². The van der Waals surface area contributed by atoms with Crippen molar-refractivity contribution < 1.29 is 9.13 Å². The Bertz CT molecular complexity index is 451. The van der Waals surface area contributed by atoms with Crippen molar-refractivity contribution in [2.75, 3.05) is 39.5 Å². The Morgan fingerprint density at radius 3 is 2.26 bits per heavy atom. The lowest BCUT2D eigenvalue weighted by atomic mass is 9.89. The van der Waals surface area contributed by atoms with Crippen molar-refractivity contribution in [3.8, 4) is 0 Å². The summed E-state index contributed by atoms with van der Waals surface area (Å²) in [5.41, 5.74) is 1.03. The molecule has 0 bridgehead atoms. The summed E-state index contributed by atoms with van der Waals surface area (Å²) >= 11 is 0. The number of benzene rings is 1. The van der Waals surface area contributed by atoms with Gasteiger partial charge in [-0.3, -0.25) is 4.90 Å². The molecule has 2 aliphatic rings. The zero-order chi connectivity index (χ0) is 15.9. The molecule has 1 aromatic carbocycles. The van der Waals surface area contributed by atoms with Crippen LogP contribution in [0, 0.1) is 11.7 Å². The normalized spacial score (nSPS) is 21.6. The van der Waals surface area contributed by atoms with E-state index in [2.05, 4.69) is 9.80 Å². The Balaban J connectivity index is 1.30. The summed E-state index contributed by atoms with van der Waals surface area (Å²) in [6, 6.07) is 6.56. The van der Waals surface area contributed by atoms with Gasteiger partial charge in [0.2, 0.25) is 0 Å². The number of ether oxygens (including phenoxy) is 1. The minimum atomic E-state index is -0.192. The van der Waals surface area contributed by atoms with Gasteiger partial charge in [-0.15, -0.1) is 0 Å². The fourth-order valence-electron chi connectivity index (χ4n) is 3.71. The summed E-state index contributed by atoms with van der Waals surface area (Å²) in [4.78, 5) is 5.01. The minimum absolute atomic E-state index is 0.192. The molecule has 3 rings (SSSR count). The van der Waals surface area contributed by atoms with E-state index in [1.807, 2.05) is 0 Å². The van der Waals surface area contributed by atoms with Gasteiger partial charge in [0.1, 0.15) is 5.82 Å². The van der Waals surface area contributed by atoms with Crippen LogP contribution in [0.5, 0.6) is 0 Å². The van der Waals surface area contributed by atoms with E-state index in [-0.39, 0.29) is 5.82 Å². The van der Waals surface area contributed by atoms with Gasteiger partial charge >= 0.3 is 0 Å². The molecule has 0 N–H and O–H groups in total. The maximum absolute atomic E-state index is 12.9. The third kappa shape index (κ3) is 5.55. The van der Waals surface area contributed by atoms with Gasteiger partial charge < -0.3 is 9.64 Å². The average molecular weight is 320 g/mol. The molecule has 0 amide bonds. The first-order valence-electron chi connectivity index (χ1n) is 9.06. The molecule has 0 unspecified atom stereocenters. The van der Waals surface area contributed by atoms with E-state index < -0.39 is 0 Å². The largest absolute Gasteiger partial charge is 0.361 e. The molecule has 0 aromatic heterocycles. The van der Waals surface area contributed by atoms with Crippen molar-refractivity contribution in [1.29, 1.82) is 0 Å². The van der Waals surface area contributed by atoms with Crippen LogP contribution in [0.1, 0.15) is 37.7 Å². The van der Waals surface area contributed by atoms with Gasteiger partial charge in [0, 0.05) is 32.7 Å². The predicted molar refractivity (Wildman–Crippen MR) is 90.6 cm³/mol. The summed E-state index contributed by atoms with van der Waals surface area (Å²) in [5, 5.41) is 0. The van der Waals surface area contributed by atoms with Crippen molar-refractivity contribution in [2.24, 2.45) is 5.92 Å². The molecule has 1 aliphatic carbocycles. The van der Waals surface area contributed by atoms with E-state index >= 15 is 0 Å². The molecule has 1 heterocycles. The summed E-state index contributed by atoms with van der Waals surface area (Å²) in [6.07, 6.45) is 7.17. The van der Waals surface area contributed by atoms with Gasteiger partial charge in [0.15, 0.2) is 0 Å². The third-order valence-corrected chi connectivity index (χ3v) is 5.16. The van der Waals surface area contributed by atoms with Gasteiger partial charge in [-0.05, 0) is 36.5 Å². The minimum Gasteiger partial charge on any atom is -0.361 e. The molecule has 23 heavy (non-hydrogen) atoms. The maximum atomic E-state index is 12.9. The fraction of sp³-hybridized carbons (Fsp3) is 0.684. The van der Waals surface area contributed by atoms with E-state index in [1.165, 1.54) is 50.8 Å². The Morgan fingerprint density at radius 2 is 1.57 bits per heavy atom. The zero-order valence-electron chi connectivity index (χ0n) is 14.1. The second-order valence-corrected chi connectivity index (χ2v) is 7.03. The van der Waals surface area contributed by atoms with Gasteiger partial charge in [0.05, 0.1) is 13.3 Å². The van der Waals surface area contributed by atoms with Gasteiger partial charge in [-0.25, -0.2) is 4.39 Å². The lowest BCUT2D eigenvalue weighted by molar-refractivity contribution is -0.00848. The number of piperazine rings is 1. The van der Waals surface area contributed by atoms with E-state index in [1.54, 1.807) is 12.1 Å². The number of halogens is 1. The zero-order valence-corrected chi connectivity index (χ0v) is 14.1. The summed E-state index contributed by atoms with van der Waals surface area (Å²) in [6.45, 7) is 7.04. The van der Waals surface area contributed by atoms with E-state index in [0.717, 1.165) is 37.7 Å². The molecule has 4 heteroatoms. The number of nitrogens with zero attached hydrogens (tertiary/aromatic N) is 2. The fourth-order valence-corrected chi connectivity index (χ4v) is 3.71. The van der Waals surface area contributed by atoms with E-state index in [4.69, 9.17) is 4.74 Å². The lowest BCUT2D eigenvalue weighted by Gasteiger charge is -2.37. The molecular weight excluding hydrogens is 291 g/mol. The first-order valence-corrected chi connectivity index (χ1v) is 9.06. The Kier molecular flexibility index (Phi) is 6.43. The van der Waals surface area contributed by atoms with Crippen LogP contribution >= 0.6 is 0 Å². The van der Waals surface area contributed by atoms with Gasteiger partial charge in [-0.1, -0.05) is 31.4 Å². The molecule has 3 nitrogen and oxygen atoms in total. The maximum Gasteiger partial charge on any atom is 0.123 e. The Morgan fingerprint density at radius 1 is 0.913 bits per heavy atom. The predicted octanol–water partition coefficient (Wildman–Crippen LogP) is 3.50. The van der Waals surface area contributed by atoms with Crippen molar-refractivity contribution >= 4 is 0 Å². The smallest absolute Gasteiger partial charge is 0.123 e. The van der Waals surface area contributed by atoms with Crippen LogP contribution in [0.3, 0.4) is 0 Å². The molecule has 0 spiro atoms. The van der Waals surface area contributed by atoms with Crippen LogP contribution in [0.15, 0.2) is 24.3 Å². The summed E-state index contributed by atoms with van der Waals surface area (Å²) in [5.74, 6) is 0.743. The first kappa shape index (κ1) is 16.9. The quantitative estimate of drug-likeness (QED) is 0.798. The van der Waals surface area contributed by atoms with E-state index in [9.17, 15) is 4.39 Å². The highest BCUT2D eigenvalue weighted by Gasteiger charge is 2.21. The highest BCUT2D eigenvalue weighted by Crippen LogP contribution is 2.24. The standard InChI is InChI=1S/C19H29FN2O/c20-19-8-6-18(7-9-19)15-23-16-22-12-10-21(11-13-22)14-17-4-2-1-3-5-17/h6-9,17H,1-5,10-16H2. The van der Waals surface area contributed by atoms with Crippen LogP contribution in [0.2, 0.25) is 0 Å². The number of rotatable bonds is 6. The van der Waals surface area contributed by atoms with Gasteiger partial charge in [0.25, 0.3) is 0 Å². The molecule has 1 saturated heterocycles. The van der Waals surface area contributed by atoms with E-state index in [0.29, 0.717) is 13.3 Å². The number of hydrogen-bond donors (Lipinski definition) is 0. The lowest BCUT2D eigenvalue weighted by Crippen LogP contribution is -2.48. The Labute approximate surface area is 139 Å². The highest BCUT2D eigenvalue weighted by molar-refractivity contribution is 5.14. The summed E-state index contributed by atoms with van der Waals surface area (Å²) in [7, 11) is 0.